The maximum atomic E-state index is 7.57. The van der Waals surface area contributed by atoms with E-state index < -0.39 is 35.6 Å². The zero-order valence-corrected chi connectivity index (χ0v) is 39.7. The van der Waals surface area contributed by atoms with Gasteiger partial charge in [-0.05, 0) is 44.5 Å². The first-order chi connectivity index (χ1) is 34.7. The lowest BCUT2D eigenvalue weighted by molar-refractivity contribution is -0.205. The van der Waals surface area contributed by atoms with E-state index in [0.29, 0.717) is 0 Å². The first kappa shape index (κ1) is 49.4. The molecule has 8 aromatic carbocycles. The molecule has 8 aromatic rings. The van der Waals surface area contributed by atoms with Crippen molar-refractivity contribution in [2.75, 3.05) is 26.4 Å². The minimum atomic E-state index is -1.05. The molecule has 0 fully saturated rings. The molecule has 70 heavy (non-hydrogen) atoms. The number of ether oxygens (including phenoxy) is 6. The van der Waals surface area contributed by atoms with Gasteiger partial charge in [0.1, 0.15) is 35.6 Å². The zero-order valence-electron chi connectivity index (χ0n) is 39.7. The van der Waals surface area contributed by atoms with E-state index in [4.69, 9.17) is 28.4 Å². The van der Waals surface area contributed by atoms with E-state index in [2.05, 4.69) is 110 Å². The van der Waals surface area contributed by atoms with E-state index in [1.807, 2.05) is 146 Å². The van der Waals surface area contributed by atoms with Crippen LogP contribution in [0.2, 0.25) is 0 Å². The normalized spacial score (nSPS) is 13.4. The van der Waals surface area contributed by atoms with Gasteiger partial charge in [0.25, 0.3) is 0 Å². The lowest BCUT2D eigenvalue weighted by Crippen LogP contribution is -2.53. The molecule has 0 spiro atoms. The quantitative estimate of drug-likeness (QED) is 0.0378. The minimum Gasteiger partial charge on any atom is -0.369 e. The van der Waals surface area contributed by atoms with Crippen molar-refractivity contribution in [2.24, 2.45) is 0 Å². The molecule has 0 unspecified atom stereocenters. The average molecular weight is 927 g/mol. The highest BCUT2D eigenvalue weighted by atomic mass is 16.6. The van der Waals surface area contributed by atoms with Crippen LogP contribution >= 0.6 is 0 Å². The molecule has 0 aromatic heterocycles. The average Bonchev–Trinajstić information content (AvgIpc) is 3.44. The van der Waals surface area contributed by atoms with E-state index in [-0.39, 0.29) is 39.6 Å². The highest BCUT2D eigenvalue weighted by Crippen LogP contribution is 2.43. The Hall–Kier alpha value is -7.00. The molecular formula is C64H62O6. The summed E-state index contributed by atoms with van der Waals surface area (Å²) in [6, 6.07) is 82.4. The van der Waals surface area contributed by atoms with Crippen LogP contribution in [0.3, 0.4) is 0 Å². The molecule has 0 aliphatic carbocycles. The van der Waals surface area contributed by atoms with Gasteiger partial charge in [-0.15, -0.1) is 13.2 Å². The molecule has 8 rings (SSSR count). The maximum absolute atomic E-state index is 7.57. The molecule has 354 valence electrons. The standard InChI is InChI=1S/C64H62O6/c1-3-45-65-61(59(67-47-51-29-13-5-14-30-51)49-69-63(53-33-17-7-18-34-53,54-35-19-8-20-36-54)55-37-21-9-22-38-55)62(66-46-4-2)60(68-48-52-31-15-6-16-32-52)50-70-64(56-39-23-10-24-40-56,57-41-25-11-26-42-57)58-43-27-12-28-44-58/h3-44,59-62H,1-2,45-50H2/t59-,60-,61+,62+/m1/s1. The Morgan fingerprint density at radius 3 is 0.771 bits per heavy atom. The molecule has 0 radical (unpaired) electrons. The molecule has 0 saturated carbocycles. The second-order valence-corrected chi connectivity index (χ2v) is 17.0. The first-order valence-corrected chi connectivity index (χ1v) is 24.0. The SMILES string of the molecule is C=CCO[C@H]([C@@H](OCC=C)[C@@H](COC(c1ccccc1)(c1ccccc1)c1ccccc1)OCc1ccccc1)[C@@H](COC(c1ccccc1)(c1ccccc1)c1ccccc1)OCc1ccccc1. The predicted molar refractivity (Wildman–Crippen MR) is 280 cm³/mol. The Morgan fingerprint density at radius 2 is 0.543 bits per heavy atom. The molecule has 0 bridgehead atoms. The second kappa shape index (κ2) is 25.6. The summed E-state index contributed by atoms with van der Waals surface area (Å²) in [5.41, 5.74) is 5.69. The predicted octanol–water partition coefficient (Wildman–Crippen LogP) is 13.3. The van der Waals surface area contributed by atoms with E-state index in [0.717, 1.165) is 44.5 Å². The van der Waals surface area contributed by atoms with Crippen LogP contribution in [0.25, 0.3) is 0 Å². The molecule has 0 N–H and O–H groups in total. The van der Waals surface area contributed by atoms with Crippen molar-refractivity contribution in [3.05, 3.63) is 312 Å². The van der Waals surface area contributed by atoms with Gasteiger partial charge >= 0.3 is 0 Å². The van der Waals surface area contributed by atoms with Crippen molar-refractivity contribution >= 4 is 0 Å². The summed E-state index contributed by atoms with van der Waals surface area (Å²) in [6.45, 7) is 9.28. The highest BCUT2D eigenvalue weighted by Gasteiger charge is 2.45. The summed E-state index contributed by atoms with van der Waals surface area (Å²) >= 11 is 0. The highest BCUT2D eigenvalue weighted by molar-refractivity contribution is 5.49. The number of hydrogen-bond donors (Lipinski definition) is 0. The molecule has 0 aliphatic rings. The number of hydrogen-bond acceptors (Lipinski definition) is 6. The topological polar surface area (TPSA) is 55.4 Å². The van der Waals surface area contributed by atoms with Crippen LogP contribution in [-0.4, -0.2) is 50.8 Å². The zero-order chi connectivity index (χ0) is 48.1. The van der Waals surface area contributed by atoms with Crippen LogP contribution in [0, 0.1) is 0 Å². The van der Waals surface area contributed by atoms with Crippen molar-refractivity contribution in [1.82, 2.24) is 0 Å². The van der Waals surface area contributed by atoms with E-state index in [1.54, 1.807) is 12.2 Å². The van der Waals surface area contributed by atoms with Gasteiger partial charge < -0.3 is 28.4 Å². The van der Waals surface area contributed by atoms with Gasteiger partial charge in [-0.2, -0.15) is 0 Å². The van der Waals surface area contributed by atoms with Crippen LogP contribution in [-0.2, 0) is 52.8 Å². The van der Waals surface area contributed by atoms with Crippen molar-refractivity contribution in [2.45, 2.75) is 48.8 Å². The summed E-state index contributed by atoms with van der Waals surface area (Å²) in [4.78, 5) is 0. The lowest BCUT2D eigenvalue weighted by Gasteiger charge is -2.42. The Bertz CT molecular complexity index is 2320. The Morgan fingerprint density at radius 1 is 0.314 bits per heavy atom. The summed E-state index contributed by atoms with van der Waals surface area (Å²) in [5.74, 6) is 0. The third-order valence-electron chi connectivity index (χ3n) is 12.5. The van der Waals surface area contributed by atoms with E-state index in [9.17, 15) is 0 Å². The summed E-state index contributed by atoms with van der Waals surface area (Å²) in [5, 5.41) is 0. The summed E-state index contributed by atoms with van der Waals surface area (Å²) in [7, 11) is 0. The molecule has 0 saturated heterocycles. The molecule has 0 amide bonds. The van der Waals surface area contributed by atoms with Crippen LogP contribution < -0.4 is 0 Å². The third kappa shape index (κ3) is 12.0. The third-order valence-corrected chi connectivity index (χ3v) is 12.5. The van der Waals surface area contributed by atoms with Gasteiger partial charge in [0.15, 0.2) is 0 Å². The van der Waals surface area contributed by atoms with Crippen molar-refractivity contribution < 1.29 is 28.4 Å². The minimum absolute atomic E-state index is 0.0789. The Balaban J connectivity index is 1.26. The Kier molecular flexibility index (Phi) is 18.0. The van der Waals surface area contributed by atoms with Gasteiger partial charge in [-0.3, -0.25) is 0 Å². The summed E-state index contributed by atoms with van der Waals surface area (Å²) < 4.78 is 43.4. The summed E-state index contributed by atoms with van der Waals surface area (Å²) in [6.07, 6.45) is 0.412. The molecule has 0 aliphatic heterocycles. The smallest absolute Gasteiger partial charge is 0.143 e. The largest absolute Gasteiger partial charge is 0.369 e. The Labute approximate surface area is 414 Å². The van der Waals surface area contributed by atoms with Crippen LogP contribution in [0.1, 0.15) is 44.5 Å². The van der Waals surface area contributed by atoms with Gasteiger partial charge in [0.05, 0.1) is 39.6 Å². The first-order valence-electron chi connectivity index (χ1n) is 24.0. The number of benzene rings is 8. The number of rotatable bonds is 27. The van der Waals surface area contributed by atoms with Gasteiger partial charge in [0.2, 0.25) is 0 Å². The fourth-order valence-corrected chi connectivity index (χ4v) is 9.17. The van der Waals surface area contributed by atoms with E-state index >= 15 is 0 Å². The van der Waals surface area contributed by atoms with Gasteiger partial charge in [-0.25, -0.2) is 0 Å². The molecule has 4 atom stereocenters. The van der Waals surface area contributed by atoms with Crippen LogP contribution in [0.4, 0.5) is 0 Å². The fraction of sp³-hybridized carbons (Fsp3) is 0.188. The molecule has 6 heteroatoms. The lowest BCUT2D eigenvalue weighted by atomic mass is 9.80. The van der Waals surface area contributed by atoms with Crippen LogP contribution in [0.15, 0.2) is 268 Å². The van der Waals surface area contributed by atoms with Gasteiger partial charge in [0, 0.05) is 0 Å². The van der Waals surface area contributed by atoms with E-state index in [1.165, 1.54) is 0 Å². The van der Waals surface area contributed by atoms with Gasteiger partial charge in [-0.1, -0.05) is 255 Å². The molecular weight excluding hydrogens is 865 g/mol. The van der Waals surface area contributed by atoms with Crippen molar-refractivity contribution in [1.29, 1.82) is 0 Å². The second-order valence-electron chi connectivity index (χ2n) is 17.0. The molecule has 6 nitrogen and oxygen atoms in total. The maximum Gasteiger partial charge on any atom is 0.143 e. The molecule has 0 heterocycles. The fourth-order valence-electron chi connectivity index (χ4n) is 9.17. The van der Waals surface area contributed by atoms with Crippen molar-refractivity contribution in [3.63, 3.8) is 0 Å². The monoisotopic (exact) mass is 926 g/mol. The van der Waals surface area contributed by atoms with Crippen molar-refractivity contribution in [3.8, 4) is 0 Å². The van der Waals surface area contributed by atoms with Crippen LogP contribution in [0.5, 0.6) is 0 Å².